The molecule has 0 saturated carbocycles. The number of thiazole rings is 1. The maximum Gasteiger partial charge on any atom is 0.318 e. The fraction of sp³-hybridized carbons (Fsp3) is 0.412. The number of aromatic nitrogens is 1. The summed E-state index contributed by atoms with van der Waals surface area (Å²) < 4.78 is 13.5. The molecule has 1 aliphatic heterocycles. The molecule has 1 fully saturated rings. The minimum Gasteiger partial charge on any atom is -0.391 e. The predicted octanol–water partition coefficient (Wildman–Crippen LogP) is 2.86. The van der Waals surface area contributed by atoms with Crippen LogP contribution in [0.15, 0.2) is 29.6 Å². The van der Waals surface area contributed by atoms with Crippen molar-refractivity contribution in [3.05, 3.63) is 51.7 Å². The molecule has 2 amide bonds. The lowest BCUT2D eigenvalue weighted by Crippen LogP contribution is -2.40. The number of carbonyl (C=O) groups excluding carboxylic acids is 1. The van der Waals surface area contributed by atoms with Gasteiger partial charge in [-0.2, -0.15) is 0 Å². The Morgan fingerprint density at radius 1 is 1.54 bits per heavy atom. The van der Waals surface area contributed by atoms with Crippen LogP contribution in [-0.2, 0) is 13.0 Å². The number of β-amino-alcohol motifs (C(OH)–C–C–N with tert-alkyl or cyclic N) is 1. The molecule has 1 saturated heterocycles. The van der Waals surface area contributed by atoms with E-state index in [0.717, 1.165) is 17.1 Å². The number of aliphatic hydroxyl groups is 1. The van der Waals surface area contributed by atoms with Gasteiger partial charge in [0, 0.05) is 11.9 Å². The number of aryl methyl sites for hydroxylation is 1. The second-order valence-corrected chi connectivity index (χ2v) is 6.80. The molecule has 0 spiro atoms. The van der Waals surface area contributed by atoms with E-state index in [1.165, 1.54) is 12.1 Å². The number of carbonyl (C=O) groups is 1. The summed E-state index contributed by atoms with van der Waals surface area (Å²) >= 11 is 1.58. The SMILES string of the molecule is CCc1nc(CNC(=O)N2CC(O)CC2c2cccc(F)c2)cs1. The summed E-state index contributed by atoms with van der Waals surface area (Å²) in [5.41, 5.74) is 1.52. The number of halogens is 1. The fourth-order valence-corrected chi connectivity index (χ4v) is 3.67. The number of benzene rings is 1. The van der Waals surface area contributed by atoms with Crippen molar-refractivity contribution in [2.45, 2.75) is 38.5 Å². The van der Waals surface area contributed by atoms with Gasteiger partial charge in [-0.05, 0) is 30.5 Å². The van der Waals surface area contributed by atoms with Gasteiger partial charge in [0.2, 0.25) is 0 Å². The lowest BCUT2D eigenvalue weighted by atomic mass is 10.0. The topological polar surface area (TPSA) is 65.5 Å². The molecule has 0 bridgehead atoms. The van der Waals surface area contributed by atoms with E-state index in [1.807, 2.05) is 12.3 Å². The first-order valence-electron chi connectivity index (χ1n) is 7.98. The summed E-state index contributed by atoms with van der Waals surface area (Å²) in [5, 5.41) is 15.8. The molecule has 24 heavy (non-hydrogen) atoms. The Balaban J connectivity index is 1.67. The molecular weight excluding hydrogens is 329 g/mol. The zero-order chi connectivity index (χ0) is 17.1. The summed E-state index contributed by atoms with van der Waals surface area (Å²) in [6, 6.07) is 5.58. The fourth-order valence-electron chi connectivity index (χ4n) is 2.93. The first kappa shape index (κ1) is 16.9. The van der Waals surface area contributed by atoms with E-state index < -0.39 is 6.10 Å². The number of urea groups is 1. The first-order valence-corrected chi connectivity index (χ1v) is 8.86. The molecule has 2 N–H and O–H groups in total. The van der Waals surface area contributed by atoms with Crippen LogP contribution in [0, 0.1) is 5.82 Å². The minimum atomic E-state index is -0.602. The Morgan fingerprint density at radius 3 is 3.08 bits per heavy atom. The molecule has 2 aromatic rings. The number of hydrogen-bond acceptors (Lipinski definition) is 4. The molecule has 2 heterocycles. The molecule has 3 rings (SSSR count). The molecule has 1 aliphatic rings. The van der Waals surface area contributed by atoms with Gasteiger partial charge in [-0.15, -0.1) is 11.3 Å². The van der Waals surface area contributed by atoms with Gasteiger partial charge in [-0.3, -0.25) is 0 Å². The van der Waals surface area contributed by atoms with Crippen molar-refractivity contribution in [3.63, 3.8) is 0 Å². The van der Waals surface area contributed by atoms with Crippen molar-refractivity contribution in [2.75, 3.05) is 6.54 Å². The molecule has 1 aromatic carbocycles. The molecule has 2 atom stereocenters. The number of aliphatic hydroxyl groups excluding tert-OH is 1. The van der Waals surface area contributed by atoms with Gasteiger partial charge in [-0.25, -0.2) is 14.2 Å². The lowest BCUT2D eigenvalue weighted by Gasteiger charge is -2.25. The highest BCUT2D eigenvalue weighted by atomic mass is 32.1. The van der Waals surface area contributed by atoms with Crippen molar-refractivity contribution in [1.82, 2.24) is 15.2 Å². The van der Waals surface area contributed by atoms with Crippen LogP contribution in [0.25, 0.3) is 0 Å². The zero-order valence-electron chi connectivity index (χ0n) is 13.4. The van der Waals surface area contributed by atoms with Crippen molar-refractivity contribution in [2.24, 2.45) is 0 Å². The van der Waals surface area contributed by atoms with Gasteiger partial charge in [0.25, 0.3) is 0 Å². The van der Waals surface area contributed by atoms with Crippen molar-refractivity contribution in [1.29, 1.82) is 0 Å². The van der Waals surface area contributed by atoms with E-state index in [-0.39, 0.29) is 24.4 Å². The Morgan fingerprint density at radius 2 is 2.38 bits per heavy atom. The van der Waals surface area contributed by atoms with Gasteiger partial charge >= 0.3 is 6.03 Å². The van der Waals surface area contributed by atoms with Crippen LogP contribution in [0.5, 0.6) is 0 Å². The second kappa shape index (κ2) is 7.27. The quantitative estimate of drug-likeness (QED) is 0.892. The van der Waals surface area contributed by atoms with Crippen molar-refractivity contribution < 1.29 is 14.3 Å². The Labute approximate surface area is 144 Å². The molecule has 0 radical (unpaired) electrons. The molecule has 0 aliphatic carbocycles. The van der Waals surface area contributed by atoms with E-state index in [1.54, 1.807) is 28.4 Å². The van der Waals surface area contributed by atoms with Gasteiger partial charge in [0.05, 0.1) is 29.4 Å². The maximum atomic E-state index is 13.5. The van der Waals surface area contributed by atoms with Crippen LogP contribution in [0.1, 0.15) is 35.7 Å². The predicted molar refractivity (Wildman–Crippen MR) is 90.2 cm³/mol. The lowest BCUT2D eigenvalue weighted by molar-refractivity contribution is 0.169. The van der Waals surface area contributed by atoms with Crippen molar-refractivity contribution >= 4 is 17.4 Å². The maximum absolute atomic E-state index is 13.5. The summed E-state index contributed by atoms with van der Waals surface area (Å²) in [7, 11) is 0. The zero-order valence-corrected chi connectivity index (χ0v) is 14.2. The van der Waals surface area contributed by atoms with Gasteiger partial charge in [0.1, 0.15) is 5.82 Å². The molecule has 128 valence electrons. The monoisotopic (exact) mass is 349 g/mol. The van der Waals surface area contributed by atoms with E-state index in [4.69, 9.17) is 0 Å². The number of hydrogen-bond donors (Lipinski definition) is 2. The third-order valence-electron chi connectivity index (χ3n) is 4.10. The van der Waals surface area contributed by atoms with Crippen LogP contribution in [-0.4, -0.2) is 33.7 Å². The molecular formula is C17H20FN3O2S. The highest BCUT2D eigenvalue weighted by molar-refractivity contribution is 7.09. The highest BCUT2D eigenvalue weighted by Crippen LogP contribution is 2.32. The van der Waals surface area contributed by atoms with Crippen LogP contribution >= 0.6 is 11.3 Å². The summed E-state index contributed by atoms with van der Waals surface area (Å²) in [4.78, 5) is 18.5. The third kappa shape index (κ3) is 3.73. The summed E-state index contributed by atoms with van der Waals surface area (Å²) in [6.45, 7) is 2.62. The van der Waals surface area contributed by atoms with Gasteiger partial charge in [-0.1, -0.05) is 19.1 Å². The molecule has 1 aromatic heterocycles. The Bertz CT molecular complexity index is 721. The highest BCUT2D eigenvalue weighted by Gasteiger charge is 2.35. The van der Waals surface area contributed by atoms with Gasteiger partial charge in [0.15, 0.2) is 0 Å². The average molecular weight is 349 g/mol. The number of likely N-dealkylation sites (tertiary alicyclic amines) is 1. The smallest absolute Gasteiger partial charge is 0.318 e. The van der Waals surface area contributed by atoms with Crippen LogP contribution in [0.3, 0.4) is 0 Å². The molecule has 2 unspecified atom stereocenters. The Hall–Kier alpha value is -1.99. The Kier molecular flexibility index (Phi) is 5.11. The van der Waals surface area contributed by atoms with Crippen LogP contribution in [0.4, 0.5) is 9.18 Å². The normalized spacial score (nSPS) is 20.4. The number of rotatable bonds is 4. The molecule has 5 nitrogen and oxygen atoms in total. The third-order valence-corrected chi connectivity index (χ3v) is 5.14. The summed E-state index contributed by atoms with van der Waals surface area (Å²) in [5.74, 6) is -0.344. The second-order valence-electron chi connectivity index (χ2n) is 5.86. The number of nitrogens with zero attached hydrogens (tertiary/aromatic N) is 2. The van der Waals surface area contributed by atoms with E-state index in [9.17, 15) is 14.3 Å². The van der Waals surface area contributed by atoms with E-state index in [0.29, 0.717) is 18.5 Å². The number of amides is 2. The van der Waals surface area contributed by atoms with Crippen LogP contribution in [0.2, 0.25) is 0 Å². The average Bonchev–Trinajstić information content (AvgIpc) is 3.19. The molecule has 7 heteroatoms. The largest absolute Gasteiger partial charge is 0.391 e. The van der Waals surface area contributed by atoms with Gasteiger partial charge < -0.3 is 15.3 Å². The van der Waals surface area contributed by atoms with E-state index in [2.05, 4.69) is 10.3 Å². The van der Waals surface area contributed by atoms with E-state index >= 15 is 0 Å². The standard InChI is InChI=1S/C17H20FN3O2S/c1-2-16-20-13(10-24-16)8-19-17(23)21-9-14(22)7-15(21)11-4-3-5-12(18)6-11/h3-6,10,14-15,22H,2,7-9H2,1H3,(H,19,23). The minimum absolute atomic E-state index is 0.240. The van der Waals surface area contributed by atoms with Crippen LogP contribution < -0.4 is 5.32 Å². The first-order chi connectivity index (χ1) is 11.6. The van der Waals surface area contributed by atoms with Crippen molar-refractivity contribution in [3.8, 4) is 0 Å². The summed E-state index contributed by atoms with van der Waals surface area (Å²) in [6.07, 6.45) is 0.682. The number of nitrogens with one attached hydrogen (secondary N) is 1.